The van der Waals surface area contributed by atoms with Crippen LogP contribution in [0.2, 0.25) is 0 Å². The van der Waals surface area contributed by atoms with Crippen LogP contribution in [0.25, 0.3) is 0 Å². The summed E-state index contributed by atoms with van der Waals surface area (Å²) in [6.45, 7) is 0. The number of aromatic nitrogens is 2. The summed E-state index contributed by atoms with van der Waals surface area (Å²) < 4.78 is 2.19. The van der Waals surface area contributed by atoms with Gasteiger partial charge in [-0.15, -0.1) is 0 Å². The van der Waals surface area contributed by atoms with Gasteiger partial charge in [-0.05, 0) is 6.20 Å². The van der Waals surface area contributed by atoms with E-state index < -0.39 is 5.54 Å². The number of hydrogen-bond acceptors (Lipinski definition) is 0. The zero-order chi connectivity index (χ0) is 18.2. The third-order valence-corrected chi connectivity index (χ3v) is 4.45. The zero-order valence-electron chi connectivity index (χ0n) is 14.3. The van der Waals surface area contributed by atoms with Crippen molar-refractivity contribution in [1.82, 2.24) is 4.57 Å². The summed E-state index contributed by atoms with van der Waals surface area (Å²) in [5.74, 6) is 0. The molecule has 0 atom stereocenters. The SMILES string of the molecule is [Zn+][I].[c-]1cn(C(c2ccccc2)(c2ccccc2)c2ccccc2)c[nH+]1. The van der Waals surface area contributed by atoms with Crippen molar-refractivity contribution >= 4 is 19.8 Å². The van der Waals surface area contributed by atoms with Crippen LogP contribution in [-0.2, 0) is 20.3 Å². The van der Waals surface area contributed by atoms with Crippen molar-refractivity contribution in [2.45, 2.75) is 5.54 Å². The van der Waals surface area contributed by atoms with Crippen LogP contribution in [0.5, 0.6) is 0 Å². The number of H-pyrrole nitrogens is 1. The third kappa shape index (κ3) is 3.53. The van der Waals surface area contributed by atoms with E-state index in [2.05, 4.69) is 126 Å². The fourth-order valence-electron chi connectivity index (χ4n) is 3.43. The van der Waals surface area contributed by atoms with E-state index in [1.165, 1.54) is 31.5 Å². The molecule has 1 aromatic heterocycles. The summed E-state index contributed by atoms with van der Waals surface area (Å²) in [6, 6.07) is 31.8. The van der Waals surface area contributed by atoms with Crippen LogP contribution in [-0.4, -0.2) is 4.57 Å². The monoisotopic (exact) mass is 501 g/mol. The van der Waals surface area contributed by atoms with E-state index in [-0.39, 0.29) is 0 Å². The first kappa shape index (κ1) is 19.0. The molecular formula is C22H18IN2Zn+. The Hall–Kier alpha value is -1.78. The Balaban J connectivity index is 0.000000948. The Morgan fingerprint density at radius 3 is 1.38 bits per heavy atom. The maximum atomic E-state index is 3.08. The Labute approximate surface area is 175 Å². The van der Waals surface area contributed by atoms with Crippen LogP contribution in [0.4, 0.5) is 0 Å². The Kier molecular flexibility index (Phi) is 6.75. The molecular weight excluding hydrogens is 485 g/mol. The van der Waals surface area contributed by atoms with Gasteiger partial charge < -0.3 is 9.55 Å². The second kappa shape index (κ2) is 9.24. The van der Waals surface area contributed by atoms with E-state index in [0.717, 1.165) is 0 Å². The third-order valence-electron chi connectivity index (χ3n) is 4.45. The number of nitrogens with zero attached hydrogens (tertiary/aromatic N) is 1. The van der Waals surface area contributed by atoms with Crippen LogP contribution in [0, 0.1) is 6.20 Å². The van der Waals surface area contributed by atoms with Gasteiger partial charge in [0, 0.05) is 22.9 Å². The molecule has 4 aromatic rings. The van der Waals surface area contributed by atoms with Crippen LogP contribution in [0.1, 0.15) is 16.7 Å². The van der Waals surface area contributed by atoms with Crippen molar-refractivity contribution in [2.24, 2.45) is 0 Å². The fourth-order valence-corrected chi connectivity index (χ4v) is 3.43. The minimum absolute atomic E-state index is 0.444. The normalized spacial score (nSPS) is 10.7. The number of aromatic amines is 1. The number of rotatable bonds is 4. The number of nitrogens with one attached hydrogen (secondary N) is 1. The molecule has 0 aliphatic heterocycles. The Bertz CT molecular complexity index is 798. The quantitative estimate of drug-likeness (QED) is 0.165. The Morgan fingerprint density at radius 1 is 0.692 bits per heavy atom. The molecule has 0 unspecified atom stereocenters. The molecule has 26 heavy (non-hydrogen) atoms. The maximum absolute atomic E-state index is 3.08. The van der Waals surface area contributed by atoms with Crippen LogP contribution in [0.3, 0.4) is 0 Å². The molecule has 3 aromatic carbocycles. The van der Waals surface area contributed by atoms with E-state index >= 15 is 0 Å². The van der Waals surface area contributed by atoms with Gasteiger partial charge in [-0.25, -0.2) is 0 Å². The van der Waals surface area contributed by atoms with Crippen LogP contribution in [0.15, 0.2) is 104 Å². The molecule has 4 rings (SSSR count). The molecule has 1 heterocycles. The van der Waals surface area contributed by atoms with Gasteiger partial charge in [-0.2, -0.15) is 0 Å². The minimum atomic E-state index is -0.444. The van der Waals surface area contributed by atoms with Crippen molar-refractivity contribution < 1.29 is 19.8 Å². The van der Waals surface area contributed by atoms with E-state index in [4.69, 9.17) is 0 Å². The topological polar surface area (TPSA) is 19.1 Å². The van der Waals surface area contributed by atoms with Crippen LogP contribution >= 0.6 is 19.8 Å². The van der Waals surface area contributed by atoms with Crippen molar-refractivity contribution in [1.29, 1.82) is 0 Å². The second-order valence-electron chi connectivity index (χ2n) is 5.76. The van der Waals surface area contributed by atoms with Gasteiger partial charge in [0.05, 0.1) is 6.33 Å². The molecule has 0 saturated heterocycles. The largest absolute Gasteiger partial charge is 0.413 e. The van der Waals surface area contributed by atoms with Gasteiger partial charge in [0.1, 0.15) is 0 Å². The standard InChI is InChI=1S/C22H18N2.HI.Zn/c1-4-10-19(11-5-1)22(24-17-16-23-18-24,20-12-6-2-7-13-20)21-14-8-3-9-15-21;;/h1-15,17-18,23H;1H;/q;;+2/p-1. The molecule has 0 saturated carbocycles. The van der Waals surface area contributed by atoms with Crippen molar-refractivity contribution in [2.75, 3.05) is 0 Å². The maximum Gasteiger partial charge on any atom is 0.169 e. The molecule has 124 valence electrons. The first-order valence-electron chi connectivity index (χ1n) is 8.32. The molecule has 0 spiro atoms. The predicted molar refractivity (Wildman–Crippen MR) is 108 cm³/mol. The van der Waals surface area contributed by atoms with Gasteiger partial charge in [0.2, 0.25) is 0 Å². The summed E-state index contributed by atoms with van der Waals surface area (Å²) in [6.07, 6.45) is 7.01. The molecule has 0 radical (unpaired) electrons. The van der Waals surface area contributed by atoms with Gasteiger partial charge in [0.25, 0.3) is 0 Å². The second-order valence-corrected chi connectivity index (χ2v) is 5.76. The van der Waals surface area contributed by atoms with Crippen molar-refractivity contribution in [3.8, 4) is 0 Å². The van der Waals surface area contributed by atoms with E-state index in [1.807, 2.05) is 12.5 Å². The summed E-state index contributed by atoms with van der Waals surface area (Å²) in [7, 11) is 0. The van der Waals surface area contributed by atoms with E-state index in [1.54, 1.807) is 0 Å². The average molecular weight is 503 g/mol. The summed E-state index contributed by atoms with van der Waals surface area (Å²) in [4.78, 5) is 3.08. The van der Waals surface area contributed by atoms with Crippen molar-refractivity contribution in [3.05, 3.63) is 126 Å². The summed E-state index contributed by atoms with van der Waals surface area (Å²) in [5.41, 5.74) is 3.18. The van der Waals surface area contributed by atoms with Gasteiger partial charge in [-0.3, -0.25) is 0 Å². The molecule has 4 heteroatoms. The number of benzene rings is 3. The molecule has 0 amide bonds. The van der Waals surface area contributed by atoms with Gasteiger partial charge >= 0.3 is 34.5 Å². The molecule has 0 bridgehead atoms. The van der Waals surface area contributed by atoms with Crippen molar-refractivity contribution in [3.63, 3.8) is 0 Å². The van der Waals surface area contributed by atoms with Crippen LogP contribution < -0.4 is 4.98 Å². The van der Waals surface area contributed by atoms with Gasteiger partial charge in [0.15, 0.2) is 5.54 Å². The smallest absolute Gasteiger partial charge is 0.169 e. The zero-order valence-corrected chi connectivity index (χ0v) is 19.5. The summed E-state index contributed by atoms with van der Waals surface area (Å²) in [5, 5.41) is 0. The molecule has 2 nitrogen and oxygen atoms in total. The molecule has 0 fully saturated rings. The van der Waals surface area contributed by atoms with E-state index in [0.29, 0.717) is 0 Å². The first-order chi connectivity index (χ1) is 12.9. The fraction of sp³-hybridized carbons (Fsp3) is 0.0455. The van der Waals surface area contributed by atoms with E-state index in [9.17, 15) is 0 Å². The Morgan fingerprint density at radius 2 is 1.08 bits per heavy atom. The molecule has 0 aliphatic rings. The molecule has 1 N–H and O–H groups in total. The number of hydrogen-bond donors (Lipinski definition) is 0. The predicted octanol–water partition coefficient (Wildman–Crippen LogP) is 4.83. The number of halogens is 1. The molecule has 0 aliphatic carbocycles. The summed E-state index contributed by atoms with van der Waals surface area (Å²) >= 11 is 3.62. The first-order valence-corrected chi connectivity index (χ1v) is 17.4. The number of imidazole rings is 1. The average Bonchev–Trinajstić information content (AvgIpc) is 3.28. The van der Waals surface area contributed by atoms with Gasteiger partial charge in [-0.1, -0.05) is 91.0 Å². The minimum Gasteiger partial charge on any atom is -0.413 e.